The average molecular weight is 126 g/mol. The maximum absolute atomic E-state index is 9.58. The fourth-order valence-electron chi connectivity index (χ4n) is 0.200. The first-order chi connectivity index (χ1) is 4.41. The Balaban J connectivity index is 3.27. The summed E-state index contributed by atoms with van der Waals surface area (Å²) in [6.45, 7) is 0. The van der Waals surface area contributed by atoms with Gasteiger partial charge in [-0.2, -0.15) is 0 Å². The molecule has 0 fully saturated rings. The Labute approximate surface area is 52.6 Å². The van der Waals surface area contributed by atoms with E-state index in [-0.39, 0.29) is 0 Å². The number of hydrogen-bond acceptors (Lipinski definition) is 3. The van der Waals surface area contributed by atoms with Crippen molar-refractivity contribution in [3.8, 4) is 0 Å². The third-order valence-corrected chi connectivity index (χ3v) is 0.471. The molecule has 0 aliphatic heterocycles. The lowest BCUT2D eigenvalue weighted by atomic mass is 10.7. The van der Waals surface area contributed by atoms with E-state index in [2.05, 4.69) is 4.74 Å². The zero-order valence-electron chi connectivity index (χ0n) is 4.69. The van der Waals surface area contributed by atoms with Crippen molar-refractivity contribution in [3.05, 3.63) is 24.7 Å². The van der Waals surface area contributed by atoms with Crippen LogP contribution in [0.15, 0.2) is 24.7 Å². The molecule has 0 radical (unpaired) electrons. The van der Waals surface area contributed by atoms with Crippen LogP contribution in [0.1, 0.15) is 0 Å². The van der Waals surface area contributed by atoms with E-state index < -0.39 is 0 Å². The van der Waals surface area contributed by atoms with Crippen molar-refractivity contribution in [1.82, 2.24) is 0 Å². The second-order valence-electron chi connectivity index (χ2n) is 1.07. The number of allylic oxidation sites excluding steroid dienone is 2. The number of rotatable bonds is 4. The van der Waals surface area contributed by atoms with Gasteiger partial charge in [-0.3, -0.25) is 9.59 Å². The molecule has 0 N–H and O–H groups in total. The van der Waals surface area contributed by atoms with Gasteiger partial charge in [-0.25, -0.2) is 0 Å². The van der Waals surface area contributed by atoms with Gasteiger partial charge in [0, 0.05) is 12.2 Å². The summed E-state index contributed by atoms with van der Waals surface area (Å²) >= 11 is 0. The highest BCUT2D eigenvalue weighted by molar-refractivity contribution is 5.64. The standard InChI is InChI=1S/C6H6O3/c7-3-1-5-9-6-2-4-8/h1-6H. The molecule has 0 rings (SSSR count). The zero-order valence-corrected chi connectivity index (χ0v) is 4.69. The van der Waals surface area contributed by atoms with Gasteiger partial charge in [0.2, 0.25) is 0 Å². The molecule has 48 valence electrons. The molecule has 0 bridgehead atoms. The Kier molecular flexibility index (Phi) is 5.60. The lowest BCUT2D eigenvalue weighted by Crippen LogP contribution is -1.67. The maximum Gasteiger partial charge on any atom is 0.145 e. The van der Waals surface area contributed by atoms with Gasteiger partial charge >= 0.3 is 0 Å². The van der Waals surface area contributed by atoms with Crippen LogP contribution in [0.4, 0.5) is 0 Å². The van der Waals surface area contributed by atoms with Crippen LogP contribution in [0.5, 0.6) is 0 Å². The molecule has 0 aromatic heterocycles. The normalized spacial score (nSPS) is 10.2. The van der Waals surface area contributed by atoms with E-state index >= 15 is 0 Å². The summed E-state index contributed by atoms with van der Waals surface area (Å²) in [6, 6.07) is 0. The Morgan fingerprint density at radius 2 is 1.33 bits per heavy atom. The molecule has 0 aliphatic rings. The second kappa shape index (κ2) is 6.62. The van der Waals surface area contributed by atoms with E-state index in [1.54, 1.807) is 0 Å². The lowest BCUT2D eigenvalue weighted by molar-refractivity contribution is -0.104. The minimum absolute atomic E-state index is 0.578. The summed E-state index contributed by atoms with van der Waals surface area (Å²) in [6.07, 6.45) is 5.85. The molecule has 0 saturated heterocycles. The minimum Gasteiger partial charge on any atom is -0.472 e. The van der Waals surface area contributed by atoms with Crippen molar-refractivity contribution in [2.45, 2.75) is 0 Å². The number of aldehydes is 2. The molecule has 0 heterocycles. The molecular weight excluding hydrogens is 120 g/mol. The molecule has 9 heavy (non-hydrogen) atoms. The molecule has 0 aromatic rings. The fourth-order valence-corrected chi connectivity index (χ4v) is 0.200. The highest BCUT2D eigenvalue weighted by Gasteiger charge is 1.65. The first kappa shape index (κ1) is 7.62. The van der Waals surface area contributed by atoms with Crippen LogP contribution in [0.3, 0.4) is 0 Å². The molecule has 0 spiro atoms. The SMILES string of the molecule is O=CC=COC=CC=O. The van der Waals surface area contributed by atoms with Crippen LogP contribution < -0.4 is 0 Å². The van der Waals surface area contributed by atoms with Gasteiger partial charge in [-0.05, 0) is 0 Å². The summed E-state index contributed by atoms with van der Waals surface area (Å²) in [5, 5.41) is 0. The van der Waals surface area contributed by atoms with Crippen LogP contribution in [0.25, 0.3) is 0 Å². The predicted molar refractivity (Wildman–Crippen MR) is 31.5 cm³/mol. The molecule has 0 amide bonds. The van der Waals surface area contributed by atoms with Crippen molar-refractivity contribution in [2.75, 3.05) is 0 Å². The van der Waals surface area contributed by atoms with Crippen LogP contribution in [0.2, 0.25) is 0 Å². The molecule has 0 atom stereocenters. The van der Waals surface area contributed by atoms with Crippen LogP contribution in [-0.4, -0.2) is 12.6 Å². The second-order valence-corrected chi connectivity index (χ2v) is 1.07. The van der Waals surface area contributed by atoms with E-state index in [4.69, 9.17) is 0 Å². The third-order valence-electron chi connectivity index (χ3n) is 0.471. The predicted octanol–water partition coefficient (Wildman–Crippen LogP) is 0.428. The van der Waals surface area contributed by atoms with Crippen molar-refractivity contribution in [2.24, 2.45) is 0 Å². The largest absolute Gasteiger partial charge is 0.472 e. The number of ether oxygens (including phenoxy) is 1. The van der Waals surface area contributed by atoms with E-state index in [1.165, 1.54) is 24.7 Å². The highest BCUT2D eigenvalue weighted by Crippen LogP contribution is 1.75. The van der Waals surface area contributed by atoms with Crippen LogP contribution in [-0.2, 0) is 14.3 Å². The van der Waals surface area contributed by atoms with Gasteiger partial charge in [0.15, 0.2) is 0 Å². The molecule has 0 unspecified atom stereocenters. The monoisotopic (exact) mass is 126 g/mol. The van der Waals surface area contributed by atoms with E-state index in [1.807, 2.05) is 0 Å². The van der Waals surface area contributed by atoms with E-state index in [0.29, 0.717) is 12.6 Å². The Morgan fingerprint density at radius 1 is 0.889 bits per heavy atom. The maximum atomic E-state index is 9.58. The smallest absolute Gasteiger partial charge is 0.145 e. The molecule has 0 aromatic carbocycles. The van der Waals surface area contributed by atoms with Crippen molar-refractivity contribution >= 4 is 12.6 Å². The number of carbonyl (C=O) groups excluding carboxylic acids is 2. The van der Waals surface area contributed by atoms with Gasteiger partial charge in [-0.15, -0.1) is 0 Å². The Bertz CT molecular complexity index is 119. The van der Waals surface area contributed by atoms with Gasteiger partial charge in [-0.1, -0.05) is 0 Å². The van der Waals surface area contributed by atoms with E-state index in [0.717, 1.165) is 0 Å². The fraction of sp³-hybridized carbons (Fsp3) is 0. The molecule has 0 aliphatic carbocycles. The van der Waals surface area contributed by atoms with Crippen LogP contribution >= 0.6 is 0 Å². The average Bonchev–Trinajstić information content (AvgIpc) is 1.89. The lowest BCUT2D eigenvalue weighted by Gasteiger charge is -1.81. The van der Waals surface area contributed by atoms with Gasteiger partial charge < -0.3 is 4.74 Å². The quantitative estimate of drug-likeness (QED) is 0.311. The molecular formula is C6H6O3. The first-order valence-corrected chi connectivity index (χ1v) is 2.28. The number of hydrogen-bond donors (Lipinski definition) is 0. The summed E-state index contributed by atoms with van der Waals surface area (Å²) in [5.41, 5.74) is 0. The zero-order chi connectivity index (χ0) is 6.95. The first-order valence-electron chi connectivity index (χ1n) is 2.28. The van der Waals surface area contributed by atoms with Gasteiger partial charge in [0.1, 0.15) is 12.6 Å². The number of carbonyl (C=O) groups is 2. The topological polar surface area (TPSA) is 43.4 Å². The summed E-state index contributed by atoms with van der Waals surface area (Å²) < 4.78 is 4.49. The summed E-state index contributed by atoms with van der Waals surface area (Å²) in [5.74, 6) is 0. The van der Waals surface area contributed by atoms with Crippen molar-refractivity contribution in [3.63, 3.8) is 0 Å². The highest BCUT2D eigenvalue weighted by atomic mass is 16.5. The van der Waals surface area contributed by atoms with Crippen molar-refractivity contribution in [1.29, 1.82) is 0 Å². The van der Waals surface area contributed by atoms with Gasteiger partial charge in [0.25, 0.3) is 0 Å². The van der Waals surface area contributed by atoms with Gasteiger partial charge in [0.05, 0.1) is 12.5 Å². The Morgan fingerprint density at radius 3 is 1.67 bits per heavy atom. The Hall–Kier alpha value is -1.38. The minimum atomic E-state index is 0.578. The molecule has 3 nitrogen and oxygen atoms in total. The molecule has 0 saturated carbocycles. The van der Waals surface area contributed by atoms with E-state index in [9.17, 15) is 9.59 Å². The third kappa shape index (κ3) is 6.62. The van der Waals surface area contributed by atoms with Crippen molar-refractivity contribution < 1.29 is 14.3 Å². The molecule has 3 heteroatoms. The summed E-state index contributed by atoms with van der Waals surface area (Å²) in [7, 11) is 0. The summed E-state index contributed by atoms with van der Waals surface area (Å²) in [4.78, 5) is 19.2. The van der Waals surface area contributed by atoms with Crippen LogP contribution in [0, 0.1) is 0 Å².